The Morgan fingerprint density at radius 3 is 2.90 bits per heavy atom. The van der Waals surface area contributed by atoms with Crippen LogP contribution in [0.3, 0.4) is 0 Å². The number of alkyl halides is 2. The first-order valence-corrected chi connectivity index (χ1v) is 6.08. The van der Waals surface area contributed by atoms with Crippen molar-refractivity contribution in [2.24, 2.45) is 0 Å². The van der Waals surface area contributed by atoms with E-state index in [0.717, 1.165) is 10.9 Å². The number of carbonyl (C=O) groups is 1. The lowest BCUT2D eigenvalue weighted by atomic mass is 10.2. The molecule has 0 unspecified atom stereocenters. The molecule has 1 atom stereocenters. The molecule has 0 saturated carbocycles. The zero-order valence-corrected chi connectivity index (χ0v) is 10.3. The van der Waals surface area contributed by atoms with Gasteiger partial charge in [0, 0.05) is 6.54 Å². The fourth-order valence-electron chi connectivity index (χ4n) is 2.38. The number of carboxylic acid groups (broad SMARTS) is 1. The van der Waals surface area contributed by atoms with Crippen molar-refractivity contribution in [3.8, 4) is 0 Å². The first-order chi connectivity index (χ1) is 9.58. The number of rotatable bonds is 3. The second kappa shape index (κ2) is 4.66. The van der Waals surface area contributed by atoms with E-state index in [0.29, 0.717) is 18.8 Å². The van der Waals surface area contributed by atoms with Crippen molar-refractivity contribution in [3.63, 3.8) is 0 Å². The van der Waals surface area contributed by atoms with Gasteiger partial charge in [0.1, 0.15) is 11.9 Å². The van der Waals surface area contributed by atoms with Crippen LogP contribution in [0, 0.1) is 0 Å². The molecule has 7 nitrogen and oxygen atoms in total. The second-order valence-corrected chi connectivity index (χ2v) is 4.51. The summed E-state index contributed by atoms with van der Waals surface area (Å²) >= 11 is 0. The Hall–Kier alpha value is -2.32. The van der Waals surface area contributed by atoms with Gasteiger partial charge in [-0.25, -0.2) is 13.6 Å². The second-order valence-electron chi connectivity index (χ2n) is 4.51. The van der Waals surface area contributed by atoms with Crippen LogP contribution < -0.4 is 4.90 Å². The Bertz CT molecular complexity index is 659. The van der Waals surface area contributed by atoms with E-state index in [4.69, 9.17) is 5.11 Å². The lowest BCUT2D eigenvalue weighted by molar-refractivity contribution is -0.138. The van der Waals surface area contributed by atoms with Gasteiger partial charge in [0.2, 0.25) is 5.82 Å². The van der Waals surface area contributed by atoms with E-state index in [-0.39, 0.29) is 5.65 Å². The topological polar surface area (TPSA) is 83.6 Å². The van der Waals surface area contributed by atoms with Crippen molar-refractivity contribution in [3.05, 3.63) is 18.0 Å². The quantitative estimate of drug-likeness (QED) is 0.908. The highest BCUT2D eigenvalue weighted by atomic mass is 19.3. The third-order valence-electron chi connectivity index (χ3n) is 3.30. The smallest absolute Gasteiger partial charge is 0.326 e. The number of anilines is 1. The molecule has 1 aliphatic rings. The minimum Gasteiger partial charge on any atom is -0.480 e. The van der Waals surface area contributed by atoms with Crippen LogP contribution in [0.5, 0.6) is 0 Å². The number of hydrogen-bond donors (Lipinski definition) is 1. The number of aromatic nitrogens is 4. The van der Waals surface area contributed by atoms with Crippen LogP contribution in [0.1, 0.15) is 25.1 Å². The van der Waals surface area contributed by atoms with Gasteiger partial charge in [-0.3, -0.25) is 0 Å². The predicted molar refractivity (Wildman–Crippen MR) is 63.7 cm³/mol. The molecule has 106 valence electrons. The third kappa shape index (κ3) is 1.95. The highest BCUT2D eigenvalue weighted by Gasteiger charge is 2.32. The molecule has 0 bridgehead atoms. The number of aliphatic carboxylic acids is 1. The van der Waals surface area contributed by atoms with Crippen LogP contribution in [0.4, 0.5) is 14.6 Å². The Morgan fingerprint density at radius 1 is 1.40 bits per heavy atom. The Kier molecular flexibility index (Phi) is 2.96. The maximum Gasteiger partial charge on any atom is 0.326 e. The SMILES string of the molecule is O=C(O)[C@@H]1CCCN1c1ccc2nnc(C(F)F)n2n1. The molecule has 1 saturated heterocycles. The molecule has 0 amide bonds. The molecular weight excluding hydrogens is 272 g/mol. The summed E-state index contributed by atoms with van der Waals surface area (Å²) < 4.78 is 26.5. The van der Waals surface area contributed by atoms with Gasteiger partial charge in [-0.15, -0.1) is 15.3 Å². The van der Waals surface area contributed by atoms with Crippen LogP contribution >= 0.6 is 0 Å². The van der Waals surface area contributed by atoms with E-state index >= 15 is 0 Å². The first-order valence-electron chi connectivity index (χ1n) is 6.08. The molecule has 2 aromatic heterocycles. The van der Waals surface area contributed by atoms with E-state index in [1.54, 1.807) is 11.0 Å². The molecule has 9 heteroatoms. The zero-order chi connectivity index (χ0) is 14.3. The molecule has 1 fully saturated rings. The van der Waals surface area contributed by atoms with Crippen molar-refractivity contribution in [2.75, 3.05) is 11.4 Å². The molecule has 0 aromatic carbocycles. The van der Waals surface area contributed by atoms with Gasteiger partial charge >= 0.3 is 5.97 Å². The van der Waals surface area contributed by atoms with Crippen molar-refractivity contribution < 1.29 is 18.7 Å². The highest BCUT2D eigenvalue weighted by molar-refractivity contribution is 5.78. The fraction of sp³-hybridized carbons (Fsp3) is 0.455. The summed E-state index contributed by atoms with van der Waals surface area (Å²) in [5.74, 6) is -1.15. The predicted octanol–water partition coefficient (Wildman–Crippen LogP) is 1.12. The number of carboxylic acids is 1. The van der Waals surface area contributed by atoms with Crippen molar-refractivity contribution >= 4 is 17.4 Å². The Morgan fingerprint density at radius 2 is 2.20 bits per heavy atom. The first kappa shape index (κ1) is 12.7. The minimum atomic E-state index is -2.79. The Balaban J connectivity index is 2.04. The largest absolute Gasteiger partial charge is 0.480 e. The van der Waals surface area contributed by atoms with Crippen molar-refractivity contribution in [1.82, 2.24) is 19.8 Å². The summed E-state index contributed by atoms with van der Waals surface area (Å²) in [6, 6.07) is 2.39. The molecule has 3 rings (SSSR count). The van der Waals surface area contributed by atoms with E-state index in [1.165, 1.54) is 6.07 Å². The van der Waals surface area contributed by atoms with Crippen LogP contribution in [-0.2, 0) is 4.79 Å². The monoisotopic (exact) mass is 283 g/mol. The van der Waals surface area contributed by atoms with Crippen molar-refractivity contribution in [1.29, 1.82) is 0 Å². The van der Waals surface area contributed by atoms with E-state index in [9.17, 15) is 13.6 Å². The normalized spacial score (nSPS) is 19.1. The van der Waals surface area contributed by atoms with E-state index in [2.05, 4.69) is 15.3 Å². The molecular formula is C11H11F2N5O2. The summed E-state index contributed by atoms with van der Waals surface area (Å²) in [5, 5.41) is 20.2. The average Bonchev–Trinajstić information content (AvgIpc) is 3.04. The summed E-state index contributed by atoms with van der Waals surface area (Å²) in [6.45, 7) is 0.529. The van der Waals surface area contributed by atoms with Gasteiger partial charge in [-0.2, -0.15) is 4.52 Å². The van der Waals surface area contributed by atoms with Gasteiger partial charge in [0.15, 0.2) is 5.65 Å². The van der Waals surface area contributed by atoms with Crippen LogP contribution in [0.15, 0.2) is 12.1 Å². The lowest BCUT2D eigenvalue weighted by Crippen LogP contribution is -2.36. The minimum absolute atomic E-state index is 0.204. The van der Waals surface area contributed by atoms with Crippen LogP contribution in [0.25, 0.3) is 5.65 Å². The lowest BCUT2D eigenvalue weighted by Gasteiger charge is -2.22. The Labute approximate surface area is 111 Å². The molecule has 0 spiro atoms. The number of halogens is 2. The van der Waals surface area contributed by atoms with Gasteiger partial charge in [-0.05, 0) is 25.0 Å². The summed E-state index contributed by atoms with van der Waals surface area (Å²) in [7, 11) is 0. The summed E-state index contributed by atoms with van der Waals surface area (Å²) in [6.07, 6.45) is -1.55. The van der Waals surface area contributed by atoms with Crippen molar-refractivity contribution in [2.45, 2.75) is 25.3 Å². The summed E-state index contributed by atoms with van der Waals surface area (Å²) in [4.78, 5) is 12.7. The van der Waals surface area contributed by atoms with Crippen LogP contribution in [0.2, 0.25) is 0 Å². The molecule has 1 N–H and O–H groups in total. The average molecular weight is 283 g/mol. The molecule has 2 aromatic rings. The van der Waals surface area contributed by atoms with Crippen LogP contribution in [-0.4, -0.2) is 43.5 Å². The number of nitrogens with zero attached hydrogens (tertiary/aromatic N) is 5. The van der Waals surface area contributed by atoms with Gasteiger partial charge < -0.3 is 10.0 Å². The molecule has 0 radical (unpaired) electrons. The van der Waals surface area contributed by atoms with Gasteiger partial charge in [0.05, 0.1) is 0 Å². The highest BCUT2D eigenvalue weighted by Crippen LogP contribution is 2.25. The fourth-order valence-corrected chi connectivity index (χ4v) is 2.38. The molecule has 1 aliphatic heterocycles. The number of fused-ring (bicyclic) bond motifs is 1. The molecule has 3 heterocycles. The van der Waals surface area contributed by atoms with Gasteiger partial charge in [-0.1, -0.05) is 0 Å². The molecule has 0 aliphatic carbocycles. The third-order valence-corrected chi connectivity index (χ3v) is 3.30. The molecule has 20 heavy (non-hydrogen) atoms. The maximum absolute atomic E-state index is 12.8. The summed E-state index contributed by atoms with van der Waals surface area (Å²) in [5.41, 5.74) is 0.204. The van der Waals surface area contributed by atoms with Gasteiger partial charge in [0.25, 0.3) is 6.43 Å². The van der Waals surface area contributed by atoms with E-state index < -0.39 is 24.3 Å². The van der Waals surface area contributed by atoms with E-state index in [1.807, 2.05) is 0 Å². The standard InChI is InChI=1S/C11H11F2N5O2/c12-9(13)10-15-14-7-3-4-8(16-18(7)10)17-5-1-2-6(17)11(19)20/h3-4,6,9H,1-2,5H2,(H,19,20)/t6-/m0/s1. The zero-order valence-electron chi connectivity index (χ0n) is 10.3. The number of hydrogen-bond acceptors (Lipinski definition) is 5. The maximum atomic E-state index is 12.8.